The average molecular weight is 353 g/mol. The van der Waals surface area contributed by atoms with E-state index in [4.69, 9.17) is 0 Å². The molecule has 25 heavy (non-hydrogen) atoms. The summed E-state index contributed by atoms with van der Waals surface area (Å²) in [5.41, 5.74) is 3.06. The number of aryl methyl sites for hydroxylation is 1. The number of rotatable bonds is 11. The van der Waals surface area contributed by atoms with Gasteiger partial charge in [0.15, 0.2) is 0 Å². The molecule has 0 nitrogen and oxygen atoms in total. The van der Waals surface area contributed by atoms with Gasteiger partial charge in [0, 0.05) is 0 Å². The molecule has 0 saturated heterocycles. The molecule has 2 aromatic carbocycles. The molecule has 0 aliphatic heterocycles. The largest absolute Gasteiger partial charge is 0.0678 e. The predicted molar refractivity (Wildman–Crippen MR) is 115 cm³/mol. The summed E-state index contributed by atoms with van der Waals surface area (Å²) in [4.78, 5) is 0. The van der Waals surface area contributed by atoms with Gasteiger partial charge >= 0.3 is 0 Å². The average Bonchev–Trinajstić information content (AvgIpc) is 2.69. The number of hydrogen-bond donors (Lipinski definition) is 0. The van der Waals surface area contributed by atoms with E-state index < -0.39 is 8.07 Å². The van der Waals surface area contributed by atoms with Crippen molar-refractivity contribution in [3.8, 4) is 0 Å². The topological polar surface area (TPSA) is 0 Å². The summed E-state index contributed by atoms with van der Waals surface area (Å²) in [6.45, 7) is 7.32. The van der Waals surface area contributed by atoms with Crippen LogP contribution in [0, 0.1) is 0 Å². The standard InChI is InChI=1S/C24H36Si/c1-4-25(5-2,6-3)21-24(23-18-11-8-12-19-23)20-14-13-17-22-15-9-7-10-16-22/h7-12,15-16,18-19,24H,4-6,13-14,17,20-21H2,1-3H3. The second kappa shape index (κ2) is 10.6. The zero-order valence-electron chi connectivity index (χ0n) is 16.5. The minimum atomic E-state index is -1.09. The van der Waals surface area contributed by atoms with Gasteiger partial charge in [-0.2, -0.15) is 0 Å². The molecule has 0 fully saturated rings. The number of hydrogen-bond acceptors (Lipinski definition) is 0. The maximum absolute atomic E-state index is 2.44. The normalized spacial score (nSPS) is 12.9. The van der Waals surface area contributed by atoms with E-state index in [1.165, 1.54) is 55.4 Å². The van der Waals surface area contributed by atoms with Gasteiger partial charge in [0.25, 0.3) is 0 Å². The molecule has 0 radical (unpaired) electrons. The van der Waals surface area contributed by atoms with Crippen molar-refractivity contribution >= 4 is 8.07 Å². The van der Waals surface area contributed by atoms with Crippen LogP contribution in [0.5, 0.6) is 0 Å². The Hall–Kier alpha value is -1.34. The predicted octanol–water partition coefficient (Wildman–Crippen LogP) is 7.69. The van der Waals surface area contributed by atoms with Gasteiger partial charge in [-0.1, -0.05) is 112 Å². The Morgan fingerprint density at radius 1 is 0.720 bits per heavy atom. The molecule has 2 rings (SSSR count). The molecule has 2 aromatic rings. The Kier molecular flexibility index (Phi) is 8.47. The summed E-state index contributed by atoms with van der Waals surface area (Å²) >= 11 is 0. The summed E-state index contributed by atoms with van der Waals surface area (Å²) in [7, 11) is -1.09. The molecule has 0 aliphatic carbocycles. The van der Waals surface area contributed by atoms with Gasteiger partial charge in [0.05, 0.1) is 8.07 Å². The molecule has 1 heteroatoms. The maximum atomic E-state index is 2.44. The molecule has 1 atom stereocenters. The van der Waals surface area contributed by atoms with E-state index in [2.05, 4.69) is 81.4 Å². The molecule has 0 spiro atoms. The minimum Gasteiger partial charge on any atom is -0.0678 e. The monoisotopic (exact) mass is 352 g/mol. The molecular formula is C24H36Si. The lowest BCUT2D eigenvalue weighted by molar-refractivity contribution is 0.596. The van der Waals surface area contributed by atoms with Crippen LogP contribution in [-0.2, 0) is 6.42 Å². The third kappa shape index (κ3) is 6.15. The van der Waals surface area contributed by atoms with Gasteiger partial charge in [-0.3, -0.25) is 0 Å². The first-order valence-electron chi connectivity index (χ1n) is 10.3. The van der Waals surface area contributed by atoms with Gasteiger partial charge in [-0.05, 0) is 36.3 Å². The first kappa shape index (κ1) is 20.0. The van der Waals surface area contributed by atoms with E-state index in [9.17, 15) is 0 Å². The third-order valence-electron chi connectivity index (χ3n) is 6.31. The van der Waals surface area contributed by atoms with Gasteiger partial charge in [0.2, 0.25) is 0 Å². The van der Waals surface area contributed by atoms with Crippen molar-refractivity contribution in [2.75, 3.05) is 0 Å². The number of unbranched alkanes of at least 4 members (excludes halogenated alkanes) is 1. The molecule has 136 valence electrons. The lowest BCUT2D eigenvalue weighted by atomic mass is 9.94. The van der Waals surface area contributed by atoms with E-state index in [0.717, 1.165) is 5.92 Å². The zero-order chi connectivity index (χ0) is 18.0. The zero-order valence-corrected chi connectivity index (χ0v) is 17.5. The Balaban J connectivity index is 1.97. The van der Waals surface area contributed by atoms with Crippen LogP contribution >= 0.6 is 0 Å². The van der Waals surface area contributed by atoms with Gasteiger partial charge < -0.3 is 0 Å². The highest BCUT2D eigenvalue weighted by atomic mass is 28.3. The smallest absolute Gasteiger partial charge is 0.0533 e. The molecule has 0 bridgehead atoms. The second-order valence-electron chi connectivity index (χ2n) is 7.60. The van der Waals surface area contributed by atoms with E-state index in [1.807, 2.05) is 0 Å². The van der Waals surface area contributed by atoms with Crippen molar-refractivity contribution in [3.05, 3.63) is 71.8 Å². The highest BCUT2D eigenvalue weighted by molar-refractivity contribution is 6.79. The molecule has 0 saturated carbocycles. The Labute approximate surface area is 156 Å². The second-order valence-corrected chi connectivity index (χ2v) is 13.1. The van der Waals surface area contributed by atoms with Gasteiger partial charge in [0.1, 0.15) is 0 Å². The summed E-state index contributed by atoms with van der Waals surface area (Å²) < 4.78 is 0. The van der Waals surface area contributed by atoms with E-state index in [1.54, 1.807) is 5.56 Å². The van der Waals surface area contributed by atoms with E-state index in [0.29, 0.717) is 0 Å². The molecule has 0 aliphatic rings. The third-order valence-corrected chi connectivity index (χ3v) is 12.2. The molecule has 1 unspecified atom stereocenters. The highest BCUT2D eigenvalue weighted by Crippen LogP contribution is 2.36. The van der Waals surface area contributed by atoms with Crippen molar-refractivity contribution in [1.82, 2.24) is 0 Å². The molecule has 0 amide bonds. The quantitative estimate of drug-likeness (QED) is 0.287. The summed E-state index contributed by atoms with van der Waals surface area (Å²) in [5.74, 6) is 0.767. The fourth-order valence-electron chi connectivity index (χ4n) is 4.18. The van der Waals surface area contributed by atoms with Crippen LogP contribution in [0.2, 0.25) is 24.2 Å². The first-order chi connectivity index (χ1) is 12.2. The molecular weight excluding hydrogens is 316 g/mol. The van der Waals surface area contributed by atoms with Crippen molar-refractivity contribution in [2.24, 2.45) is 0 Å². The molecule has 0 aromatic heterocycles. The van der Waals surface area contributed by atoms with Crippen LogP contribution in [0.3, 0.4) is 0 Å². The lowest BCUT2D eigenvalue weighted by Gasteiger charge is -2.33. The van der Waals surface area contributed by atoms with Crippen molar-refractivity contribution < 1.29 is 0 Å². The van der Waals surface area contributed by atoms with E-state index >= 15 is 0 Å². The van der Waals surface area contributed by atoms with Crippen LogP contribution in [0.1, 0.15) is 57.1 Å². The Morgan fingerprint density at radius 2 is 1.28 bits per heavy atom. The van der Waals surface area contributed by atoms with Gasteiger partial charge in [-0.25, -0.2) is 0 Å². The van der Waals surface area contributed by atoms with Crippen LogP contribution in [0.15, 0.2) is 60.7 Å². The maximum Gasteiger partial charge on any atom is 0.0533 e. The summed E-state index contributed by atoms with van der Waals surface area (Å²) in [6, 6.07) is 28.1. The molecule has 0 heterocycles. The summed E-state index contributed by atoms with van der Waals surface area (Å²) in [6.07, 6.45) is 5.23. The van der Waals surface area contributed by atoms with Crippen LogP contribution < -0.4 is 0 Å². The van der Waals surface area contributed by atoms with Crippen molar-refractivity contribution in [2.45, 2.75) is 76.5 Å². The lowest BCUT2D eigenvalue weighted by Crippen LogP contribution is -2.33. The Bertz CT molecular complexity index is 563. The van der Waals surface area contributed by atoms with Crippen LogP contribution in [-0.4, -0.2) is 8.07 Å². The highest BCUT2D eigenvalue weighted by Gasteiger charge is 2.30. The van der Waals surface area contributed by atoms with Crippen molar-refractivity contribution in [1.29, 1.82) is 0 Å². The Morgan fingerprint density at radius 3 is 1.84 bits per heavy atom. The number of benzene rings is 2. The molecule has 0 N–H and O–H groups in total. The summed E-state index contributed by atoms with van der Waals surface area (Å²) in [5, 5.41) is 0. The van der Waals surface area contributed by atoms with E-state index in [-0.39, 0.29) is 0 Å². The first-order valence-corrected chi connectivity index (χ1v) is 13.1. The SMILES string of the molecule is CC[Si](CC)(CC)CC(CCCCc1ccccc1)c1ccccc1. The fourth-order valence-corrected chi connectivity index (χ4v) is 8.03. The van der Waals surface area contributed by atoms with Gasteiger partial charge in [-0.15, -0.1) is 0 Å². The van der Waals surface area contributed by atoms with Crippen LogP contribution in [0.4, 0.5) is 0 Å². The minimum absolute atomic E-state index is 0.767. The fraction of sp³-hybridized carbons (Fsp3) is 0.500. The van der Waals surface area contributed by atoms with Crippen molar-refractivity contribution in [3.63, 3.8) is 0 Å². The van der Waals surface area contributed by atoms with Crippen LogP contribution in [0.25, 0.3) is 0 Å².